The smallest absolute Gasteiger partial charge is 0.319 e. The number of nitrogens with one attached hydrogen (secondary N) is 2. The van der Waals surface area contributed by atoms with E-state index in [0.717, 1.165) is 11.3 Å². The lowest BCUT2D eigenvalue weighted by Gasteiger charge is -2.23. The third-order valence-corrected chi connectivity index (χ3v) is 5.18. The molecule has 0 aliphatic heterocycles. The number of benzene rings is 1. The van der Waals surface area contributed by atoms with Crippen LogP contribution in [0.2, 0.25) is 0 Å². The summed E-state index contributed by atoms with van der Waals surface area (Å²) in [5.41, 5.74) is 1.85. The van der Waals surface area contributed by atoms with Crippen LogP contribution in [0.3, 0.4) is 0 Å². The highest BCUT2D eigenvalue weighted by atomic mass is 32.2. The second-order valence-corrected chi connectivity index (χ2v) is 9.66. The van der Waals surface area contributed by atoms with E-state index in [1.807, 2.05) is 45.0 Å². The summed E-state index contributed by atoms with van der Waals surface area (Å²) in [5, 5.41) is 5.65. The van der Waals surface area contributed by atoms with Gasteiger partial charge in [0.05, 0.1) is 0 Å². The molecule has 0 unspecified atom stereocenters. The second-order valence-electron chi connectivity index (χ2n) is 7.34. The van der Waals surface area contributed by atoms with Crippen molar-refractivity contribution in [1.29, 1.82) is 0 Å². The van der Waals surface area contributed by atoms with Crippen molar-refractivity contribution in [2.75, 3.05) is 17.6 Å². The topological polar surface area (TPSA) is 58.2 Å². The van der Waals surface area contributed by atoms with Gasteiger partial charge in [-0.05, 0) is 37.8 Å². The van der Waals surface area contributed by atoms with Gasteiger partial charge in [-0.2, -0.15) is 0 Å². The Balaban J connectivity index is 2.59. The van der Waals surface area contributed by atoms with Crippen molar-refractivity contribution in [2.24, 2.45) is 0 Å². The van der Waals surface area contributed by atoms with Crippen LogP contribution in [0.1, 0.15) is 47.1 Å². The van der Waals surface area contributed by atoms with Gasteiger partial charge in [0.25, 0.3) is 0 Å². The van der Waals surface area contributed by atoms with Gasteiger partial charge < -0.3 is 10.6 Å². The Morgan fingerprint density at radius 3 is 2.23 bits per heavy atom. The third-order valence-electron chi connectivity index (χ3n) is 3.24. The summed E-state index contributed by atoms with van der Waals surface area (Å²) >= 11 is 0. The summed E-state index contributed by atoms with van der Waals surface area (Å²) < 4.78 is 11.7. The van der Waals surface area contributed by atoms with Gasteiger partial charge in [0.1, 0.15) is 0 Å². The minimum absolute atomic E-state index is 0.0440. The zero-order chi connectivity index (χ0) is 17.0. The number of urea groups is 1. The van der Waals surface area contributed by atoms with Gasteiger partial charge in [-0.25, -0.2) is 4.79 Å². The standard InChI is InChI=1S/C17H28N2O2S/c1-16(2,3)13-9-7-8-10-14(13)19-15(20)18-11-12-22(21)17(4,5)6/h7-10H,11-12H2,1-6H3,(H2,18,19,20)/t22-/m1/s1. The van der Waals surface area contributed by atoms with E-state index >= 15 is 0 Å². The van der Waals surface area contributed by atoms with Gasteiger partial charge in [-0.1, -0.05) is 39.0 Å². The summed E-state index contributed by atoms with van der Waals surface area (Å²) in [4.78, 5) is 12.0. The van der Waals surface area contributed by atoms with Crippen molar-refractivity contribution >= 4 is 22.5 Å². The zero-order valence-electron chi connectivity index (χ0n) is 14.4. The maximum Gasteiger partial charge on any atom is 0.319 e. The van der Waals surface area contributed by atoms with Crippen LogP contribution < -0.4 is 10.6 Å². The van der Waals surface area contributed by atoms with Crippen molar-refractivity contribution in [1.82, 2.24) is 5.32 Å². The fourth-order valence-electron chi connectivity index (χ4n) is 1.98. The van der Waals surface area contributed by atoms with Gasteiger partial charge >= 0.3 is 6.03 Å². The van der Waals surface area contributed by atoms with Crippen LogP contribution in [0.4, 0.5) is 10.5 Å². The van der Waals surface area contributed by atoms with E-state index in [9.17, 15) is 9.00 Å². The number of para-hydroxylation sites is 1. The van der Waals surface area contributed by atoms with Crippen molar-refractivity contribution < 1.29 is 9.00 Å². The van der Waals surface area contributed by atoms with Gasteiger partial charge in [0, 0.05) is 33.5 Å². The SMILES string of the molecule is CC(C)(C)c1ccccc1NC(=O)NCC[S@@](=O)C(C)(C)C. The van der Waals surface area contributed by atoms with E-state index in [4.69, 9.17) is 0 Å². The molecule has 4 nitrogen and oxygen atoms in total. The molecule has 0 aliphatic rings. The second kappa shape index (κ2) is 7.27. The number of hydrogen-bond donors (Lipinski definition) is 2. The van der Waals surface area contributed by atoms with E-state index in [-0.39, 0.29) is 16.2 Å². The highest BCUT2D eigenvalue weighted by molar-refractivity contribution is 7.86. The van der Waals surface area contributed by atoms with Crippen molar-refractivity contribution in [3.8, 4) is 0 Å². The Hall–Kier alpha value is -1.36. The fourth-order valence-corrected chi connectivity index (χ4v) is 2.88. The molecule has 5 heteroatoms. The van der Waals surface area contributed by atoms with Gasteiger partial charge in [-0.3, -0.25) is 4.21 Å². The number of rotatable bonds is 4. The van der Waals surface area contributed by atoms with E-state index in [0.29, 0.717) is 12.3 Å². The molecule has 22 heavy (non-hydrogen) atoms. The largest absolute Gasteiger partial charge is 0.337 e. The predicted molar refractivity (Wildman–Crippen MR) is 94.9 cm³/mol. The first kappa shape index (κ1) is 18.7. The van der Waals surface area contributed by atoms with Crippen LogP contribution >= 0.6 is 0 Å². The van der Waals surface area contributed by atoms with Crippen LogP contribution in [-0.4, -0.2) is 27.3 Å². The predicted octanol–water partition coefficient (Wildman–Crippen LogP) is 3.65. The van der Waals surface area contributed by atoms with Gasteiger partial charge in [0.15, 0.2) is 0 Å². The fraction of sp³-hybridized carbons (Fsp3) is 0.588. The summed E-state index contributed by atoms with van der Waals surface area (Å²) in [6.45, 7) is 12.5. The summed E-state index contributed by atoms with van der Waals surface area (Å²) in [6, 6.07) is 7.52. The van der Waals surface area contributed by atoms with E-state index < -0.39 is 10.8 Å². The third kappa shape index (κ3) is 5.79. The monoisotopic (exact) mass is 324 g/mol. The minimum Gasteiger partial charge on any atom is -0.337 e. The first-order chi connectivity index (χ1) is 10.0. The Morgan fingerprint density at radius 2 is 1.68 bits per heavy atom. The quantitative estimate of drug-likeness (QED) is 0.888. The Kier molecular flexibility index (Phi) is 6.17. The normalized spacial score (nSPS) is 13.5. The van der Waals surface area contributed by atoms with Crippen LogP contribution in [0.25, 0.3) is 0 Å². The minimum atomic E-state index is -0.961. The molecule has 0 spiro atoms. The maximum atomic E-state index is 12.0. The van der Waals surface area contributed by atoms with E-state index in [2.05, 4.69) is 31.4 Å². The lowest BCUT2D eigenvalue weighted by atomic mass is 9.86. The molecule has 0 radical (unpaired) electrons. The number of carbonyl (C=O) groups excluding carboxylic acids is 1. The molecule has 0 aliphatic carbocycles. The zero-order valence-corrected chi connectivity index (χ0v) is 15.3. The Bertz CT molecular complexity index is 542. The molecule has 124 valence electrons. The average Bonchev–Trinajstić information content (AvgIpc) is 2.36. The summed E-state index contributed by atoms with van der Waals surface area (Å²) in [5.74, 6) is 0.456. The van der Waals surface area contributed by atoms with E-state index in [1.54, 1.807) is 0 Å². The first-order valence-corrected chi connectivity index (χ1v) is 8.86. The van der Waals surface area contributed by atoms with E-state index in [1.165, 1.54) is 0 Å². The number of anilines is 1. The van der Waals surface area contributed by atoms with Crippen molar-refractivity contribution in [3.63, 3.8) is 0 Å². The average molecular weight is 324 g/mol. The summed E-state index contributed by atoms with van der Waals surface area (Å²) in [7, 11) is -0.961. The molecular formula is C17H28N2O2S. The van der Waals surface area contributed by atoms with Crippen LogP contribution in [0.15, 0.2) is 24.3 Å². The number of hydrogen-bond acceptors (Lipinski definition) is 2. The lowest BCUT2D eigenvalue weighted by molar-refractivity contribution is 0.252. The van der Waals surface area contributed by atoms with Crippen LogP contribution in [-0.2, 0) is 16.2 Å². The molecule has 1 rings (SSSR count). The van der Waals surface area contributed by atoms with Crippen LogP contribution in [0, 0.1) is 0 Å². The Labute approximate surface area is 136 Å². The first-order valence-electron chi connectivity index (χ1n) is 7.54. The molecule has 2 N–H and O–H groups in total. The van der Waals surface area contributed by atoms with Crippen molar-refractivity contribution in [3.05, 3.63) is 29.8 Å². The number of amides is 2. The molecule has 1 atom stereocenters. The van der Waals surface area contributed by atoms with Gasteiger partial charge in [-0.15, -0.1) is 0 Å². The highest BCUT2D eigenvalue weighted by Gasteiger charge is 2.20. The molecule has 0 fully saturated rings. The molecule has 0 saturated heterocycles. The molecule has 0 bridgehead atoms. The maximum absolute atomic E-state index is 12.0. The molecule has 1 aromatic rings. The van der Waals surface area contributed by atoms with Gasteiger partial charge in [0.2, 0.25) is 0 Å². The molecule has 2 amide bonds. The molecule has 0 aromatic heterocycles. The Morgan fingerprint density at radius 1 is 1.09 bits per heavy atom. The van der Waals surface area contributed by atoms with Crippen LogP contribution in [0.5, 0.6) is 0 Å². The van der Waals surface area contributed by atoms with Crippen molar-refractivity contribution in [2.45, 2.75) is 51.7 Å². The molecule has 0 heterocycles. The summed E-state index contributed by atoms with van der Waals surface area (Å²) in [6.07, 6.45) is 0. The lowest BCUT2D eigenvalue weighted by Crippen LogP contribution is -2.35. The number of carbonyl (C=O) groups is 1. The molecule has 0 saturated carbocycles. The molecule has 1 aromatic carbocycles. The highest BCUT2D eigenvalue weighted by Crippen LogP contribution is 2.29. The molecular weight excluding hydrogens is 296 g/mol.